The van der Waals surface area contributed by atoms with Crippen molar-refractivity contribution in [3.8, 4) is 11.5 Å². The molecule has 1 unspecified atom stereocenters. The highest BCUT2D eigenvalue weighted by atomic mass is 35.5. The number of carbonyl (C=O) groups is 1. The number of hydrogen-bond acceptors (Lipinski definition) is 3. The summed E-state index contributed by atoms with van der Waals surface area (Å²) in [7, 11) is 1.73. The lowest BCUT2D eigenvalue weighted by Gasteiger charge is -2.27. The second-order valence-corrected chi connectivity index (χ2v) is 5.34. The predicted octanol–water partition coefficient (Wildman–Crippen LogP) is 4.43. The SMILES string of the molecule is CCC(C(=O)O)N(C)c1cc(Cl)ccc1Oc1ccccc1. The Labute approximate surface area is 134 Å². The van der Waals surface area contributed by atoms with E-state index in [2.05, 4.69) is 0 Å². The lowest BCUT2D eigenvalue weighted by molar-refractivity contribution is -0.138. The minimum atomic E-state index is -0.879. The van der Waals surface area contributed by atoms with Crippen molar-refractivity contribution in [2.45, 2.75) is 19.4 Å². The molecule has 22 heavy (non-hydrogen) atoms. The first-order valence-electron chi connectivity index (χ1n) is 7.01. The van der Waals surface area contributed by atoms with E-state index in [9.17, 15) is 9.90 Å². The Bertz CT molecular complexity index is 646. The number of hydrogen-bond donors (Lipinski definition) is 1. The van der Waals surface area contributed by atoms with Crippen molar-refractivity contribution in [3.63, 3.8) is 0 Å². The average molecular weight is 320 g/mol. The minimum absolute atomic E-state index is 0.475. The molecule has 2 rings (SSSR count). The van der Waals surface area contributed by atoms with Gasteiger partial charge >= 0.3 is 5.97 Å². The lowest BCUT2D eigenvalue weighted by atomic mass is 10.1. The fourth-order valence-electron chi connectivity index (χ4n) is 2.25. The van der Waals surface area contributed by atoms with Crippen LogP contribution >= 0.6 is 11.6 Å². The van der Waals surface area contributed by atoms with Crippen molar-refractivity contribution in [1.29, 1.82) is 0 Å². The van der Waals surface area contributed by atoms with Crippen LogP contribution in [0.4, 0.5) is 5.69 Å². The number of anilines is 1. The summed E-state index contributed by atoms with van der Waals surface area (Å²) in [5.41, 5.74) is 0.644. The molecule has 2 aromatic carbocycles. The van der Waals surface area contributed by atoms with Crippen molar-refractivity contribution in [2.24, 2.45) is 0 Å². The van der Waals surface area contributed by atoms with Crippen LogP contribution in [-0.4, -0.2) is 24.2 Å². The van der Waals surface area contributed by atoms with Gasteiger partial charge in [0.15, 0.2) is 5.75 Å². The zero-order chi connectivity index (χ0) is 16.1. The van der Waals surface area contributed by atoms with Gasteiger partial charge in [0, 0.05) is 12.1 Å². The Balaban J connectivity index is 2.37. The van der Waals surface area contributed by atoms with E-state index in [0.29, 0.717) is 28.6 Å². The van der Waals surface area contributed by atoms with Crippen LogP contribution in [0.2, 0.25) is 5.02 Å². The third-order valence-corrected chi connectivity index (χ3v) is 3.65. The molecule has 0 amide bonds. The quantitative estimate of drug-likeness (QED) is 0.855. The number of likely N-dealkylation sites (N-methyl/N-ethyl adjacent to an activating group) is 1. The van der Waals surface area contributed by atoms with E-state index in [-0.39, 0.29) is 0 Å². The zero-order valence-electron chi connectivity index (χ0n) is 12.5. The highest BCUT2D eigenvalue weighted by Gasteiger charge is 2.23. The molecule has 116 valence electrons. The molecule has 0 saturated heterocycles. The normalized spacial score (nSPS) is 11.8. The van der Waals surface area contributed by atoms with Gasteiger partial charge in [-0.15, -0.1) is 0 Å². The van der Waals surface area contributed by atoms with Crippen molar-refractivity contribution >= 4 is 23.3 Å². The summed E-state index contributed by atoms with van der Waals surface area (Å²) in [4.78, 5) is 13.1. The van der Waals surface area contributed by atoms with Gasteiger partial charge < -0.3 is 14.7 Å². The minimum Gasteiger partial charge on any atom is -0.480 e. The van der Waals surface area contributed by atoms with E-state index in [1.165, 1.54) is 0 Å². The summed E-state index contributed by atoms with van der Waals surface area (Å²) in [6.07, 6.45) is 0.475. The number of nitrogens with zero attached hydrogens (tertiary/aromatic N) is 1. The smallest absolute Gasteiger partial charge is 0.326 e. The average Bonchev–Trinajstić information content (AvgIpc) is 2.50. The van der Waals surface area contributed by atoms with Crippen LogP contribution in [0.3, 0.4) is 0 Å². The molecule has 1 atom stereocenters. The second-order valence-electron chi connectivity index (χ2n) is 4.90. The zero-order valence-corrected chi connectivity index (χ0v) is 13.2. The molecule has 0 fully saturated rings. The van der Waals surface area contributed by atoms with Gasteiger partial charge in [0.25, 0.3) is 0 Å². The van der Waals surface area contributed by atoms with Gasteiger partial charge in [-0.25, -0.2) is 4.79 Å². The molecule has 0 saturated carbocycles. The van der Waals surface area contributed by atoms with Crippen LogP contribution in [0.15, 0.2) is 48.5 Å². The first kappa shape index (κ1) is 16.2. The molecule has 1 N–H and O–H groups in total. The van der Waals surface area contributed by atoms with Gasteiger partial charge in [-0.2, -0.15) is 0 Å². The molecule has 4 nitrogen and oxygen atoms in total. The monoisotopic (exact) mass is 319 g/mol. The summed E-state index contributed by atoms with van der Waals surface area (Å²) in [6, 6.07) is 13.9. The number of carboxylic acid groups (broad SMARTS) is 1. The van der Waals surface area contributed by atoms with Crippen molar-refractivity contribution < 1.29 is 14.6 Å². The first-order valence-corrected chi connectivity index (χ1v) is 7.38. The second kappa shape index (κ2) is 7.18. The van der Waals surface area contributed by atoms with Crippen molar-refractivity contribution in [1.82, 2.24) is 0 Å². The van der Waals surface area contributed by atoms with Gasteiger partial charge in [0.1, 0.15) is 11.8 Å². The molecule has 0 radical (unpaired) electrons. The van der Waals surface area contributed by atoms with E-state index in [1.807, 2.05) is 37.3 Å². The number of aliphatic carboxylic acids is 1. The number of rotatable bonds is 6. The fraction of sp³-hybridized carbons (Fsp3) is 0.235. The molecule has 0 bridgehead atoms. The van der Waals surface area contributed by atoms with E-state index in [0.717, 1.165) is 0 Å². The van der Waals surface area contributed by atoms with Crippen LogP contribution < -0.4 is 9.64 Å². The summed E-state index contributed by atoms with van der Waals surface area (Å²) < 4.78 is 5.87. The highest BCUT2D eigenvalue weighted by molar-refractivity contribution is 6.31. The fourth-order valence-corrected chi connectivity index (χ4v) is 2.42. The molecular formula is C17H18ClNO3. The standard InChI is InChI=1S/C17H18ClNO3/c1-3-14(17(20)21)19(2)15-11-12(18)9-10-16(15)22-13-7-5-4-6-8-13/h4-11,14H,3H2,1-2H3,(H,20,21). The maximum atomic E-state index is 11.4. The molecule has 5 heteroatoms. The molecule has 2 aromatic rings. The van der Waals surface area contributed by atoms with Crippen LogP contribution in [0.5, 0.6) is 11.5 Å². The van der Waals surface area contributed by atoms with E-state index in [4.69, 9.17) is 16.3 Å². The molecule has 0 aromatic heterocycles. The molecule has 0 spiro atoms. The number of halogens is 1. The third-order valence-electron chi connectivity index (χ3n) is 3.41. The lowest BCUT2D eigenvalue weighted by Crippen LogP contribution is -2.38. The van der Waals surface area contributed by atoms with Gasteiger partial charge in [-0.05, 0) is 36.8 Å². The van der Waals surface area contributed by atoms with Gasteiger partial charge in [0.05, 0.1) is 5.69 Å². The van der Waals surface area contributed by atoms with E-state index >= 15 is 0 Å². The predicted molar refractivity (Wildman–Crippen MR) is 88.1 cm³/mol. The number of para-hydroxylation sites is 1. The molecular weight excluding hydrogens is 302 g/mol. The molecule has 0 aliphatic rings. The number of ether oxygens (including phenoxy) is 1. The summed E-state index contributed by atoms with van der Waals surface area (Å²) in [5, 5.41) is 9.87. The molecule has 0 aliphatic heterocycles. The highest BCUT2D eigenvalue weighted by Crippen LogP contribution is 2.35. The van der Waals surface area contributed by atoms with Crippen LogP contribution in [0.1, 0.15) is 13.3 Å². The van der Waals surface area contributed by atoms with Gasteiger partial charge in [-0.3, -0.25) is 0 Å². The van der Waals surface area contributed by atoms with E-state index in [1.54, 1.807) is 30.1 Å². The van der Waals surface area contributed by atoms with Gasteiger partial charge in [-0.1, -0.05) is 36.7 Å². The third kappa shape index (κ3) is 3.71. The van der Waals surface area contributed by atoms with Gasteiger partial charge in [0.2, 0.25) is 0 Å². The number of carboxylic acids is 1. The Kier molecular flexibility index (Phi) is 5.28. The Morgan fingerprint density at radius 2 is 1.95 bits per heavy atom. The maximum absolute atomic E-state index is 11.4. The van der Waals surface area contributed by atoms with Crippen molar-refractivity contribution in [2.75, 3.05) is 11.9 Å². The Morgan fingerprint density at radius 1 is 1.27 bits per heavy atom. The Hall–Kier alpha value is -2.20. The van der Waals surface area contributed by atoms with Crippen LogP contribution in [0.25, 0.3) is 0 Å². The largest absolute Gasteiger partial charge is 0.480 e. The first-order chi connectivity index (χ1) is 10.5. The van der Waals surface area contributed by atoms with Crippen LogP contribution in [0, 0.1) is 0 Å². The topological polar surface area (TPSA) is 49.8 Å². The van der Waals surface area contributed by atoms with E-state index < -0.39 is 12.0 Å². The molecule has 0 heterocycles. The summed E-state index contributed by atoms with van der Waals surface area (Å²) in [6.45, 7) is 1.83. The Morgan fingerprint density at radius 3 is 2.55 bits per heavy atom. The molecule has 0 aliphatic carbocycles. The number of benzene rings is 2. The van der Waals surface area contributed by atoms with Crippen LogP contribution in [-0.2, 0) is 4.79 Å². The summed E-state index contributed by atoms with van der Waals surface area (Å²) >= 11 is 6.06. The maximum Gasteiger partial charge on any atom is 0.326 e. The van der Waals surface area contributed by atoms with Crippen molar-refractivity contribution in [3.05, 3.63) is 53.6 Å². The summed E-state index contributed by atoms with van der Waals surface area (Å²) in [5.74, 6) is 0.372.